The number of amides is 1. The van der Waals surface area contributed by atoms with E-state index in [-0.39, 0.29) is 21.4 Å². The van der Waals surface area contributed by atoms with E-state index in [0.29, 0.717) is 11.9 Å². The molecule has 20 heavy (non-hydrogen) atoms. The Morgan fingerprint density at radius 1 is 1.50 bits per heavy atom. The van der Waals surface area contributed by atoms with E-state index in [0.717, 1.165) is 30.6 Å². The van der Waals surface area contributed by atoms with Gasteiger partial charge in [0.2, 0.25) is 15.4 Å². The molecule has 1 aliphatic rings. The maximum Gasteiger partial charge on any atom is 0.272 e. The third kappa shape index (κ3) is 3.35. The van der Waals surface area contributed by atoms with E-state index in [2.05, 4.69) is 31.4 Å². The van der Waals surface area contributed by atoms with Gasteiger partial charge in [0.05, 0.1) is 0 Å². The van der Waals surface area contributed by atoms with Crippen LogP contribution in [0.3, 0.4) is 0 Å². The van der Waals surface area contributed by atoms with Crippen LogP contribution in [0.2, 0.25) is 0 Å². The van der Waals surface area contributed by atoms with Crippen LogP contribution in [0.15, 0.2) is 4.34 Å². The van der Waals surface area contributed by atoms with Gasteiger partial charge in [-0.15, -0.1) is 10.2 Å². The number of carbonyl (C=O) groups excluding carboxylic acids is 1. The highest BCUT2D eigenvalue weighted by Crippen LogP contribution is 2.29. The van der Waals surface area contributed by atoms with Crippen molar-refractivity contribution in [2.45, 2.75) is 36.6 Å². The van der Waals surface area contributed by atoms with Crippen molar-refractivity contribution >= 4 is 48.3 Å². The van der Waals surface area contributed by atoms with Gasteiger partial charge in [-0.25, -0.2) is 8.42 Å². The van der Waals surface area contributed by atoms with Crippen molar-refractivity contribution in [3.8, 4) is 0 Å². The fourth-order valence-electron chi connectivity index (χ4n) is 2.06. The second-order valence-corrected chi connectivity index (χ2v) is 8.16. The molecule has 1 saturated heterocycles. The second kappa shape index (κ2) is 6.46. The molecule has 2 rings (SSSR count). The Hall–Kier alpha value is -0.580. The molecule has 1 aromatic heterocycles. The van der Waals surface area contributed by atoms with Crippen molar-refractivity contribution in [3.05, 3.63) is 0 Å². The number of halogens is 1. The summed E-state index contributed by atoms with van der Waals surface area (Å²) in [7, 11) is -3.64. The van der Waals surface area contributed by atoms with E-state index in [1.54, 1.807) is 0 Å². The molecular formula is C10H15BrN4O3S2. The molecule has 1 aliphatic heterocycles. The largest absolute Gasteiger partial charge is 0.301 e. The molecule has 0 bridgehead atoms. The van der Waals surface area contributed by atoms with Crippen LogP contribution >= 0.6 is 27.3 Å². The lowest BCUT2D eigenvalue weighted by molar-refractivity contribution is -0.114. The summed E-state index contributed by atoms with van der Waals surface area (Å²) in [6, 6.07) is -0.0538. The number of nitrogens with zero attached hydrogens (tertiary/aromatic N) is 3. The van der Waals surface area contributed by atoms with Crippen molar-refractivity contribution in [2.24, 2.45) is 0 Å². The van der Waals surface area contributed by atoms with Gasteiger partial charge in [0.1, 0.15) is 0 Å². The molecule has 1 N–H and O–H groups in total. The minimum Gasteiger partial charge on any atom is -0.301 e. The van der Waals surface area contributed by atoms with Crippen LogP contribution in [-0.2, 0) is 14.8 Å². The molecule has 1 fully saturated rings. The van der Waals surface area contributed by atoms with Crippen LogP contribution in [0, 0.1) is 0 Å². The molecule has 2 heterocycles. The Balaban J connectivity index is 2.24. The van der Waals surface area contributed by atoms with E-state index in [4.69, 9.17) is 0 Å². The fourth-order valence-corrected chi connectivity index (χ4v) is 5.68. The predicted octanol–water partition coefficient (Wildman–Crippen LogP) is 1.43. The van der Waals surface area contributed by atoms with Crippen molar-refractivity contribution in [3.63, 3.8) is 0 Å². The van der Waals surface area contributed by atoms with Gasteiger partial charge in [-0.3, -0.25) is 4.79 Å². The molecule has 1 aromatic rings. The van der Waals surface area contributed by atoms with E-state index in [1.807, 2.05) is 0 Å². The van der Waals surface area contributed by atoms with Crippen LogP contribution in [-0.4, -0.2) is 46.7 Å². The van der Waals surface area contributed by atoms with Gasteiger partial charge in [-0.1, -0.05) is 33.7 Å². The summed E-state index contributed by atoms with van der Waals surface area (Å²) in [6.07, 6.45) is 2.71. The van der Waals surface area contributed by atoms with Crippen LogP contribution in [0.4, 0.5) is 5.13 Å². The molecule has 1 amide bonds. The summed E-state index contributed by atoms with van der Waals surface area (Å²) < 4.78 is 26.5. The average molecular weight is 383 g/mol. The maximum atomic E-state index is 12.6. The number of anilines is 1. The monoisotopic (exact) mass is 382 g/mol. The average Bonchev–Trinajstić information content (AvgIpc) is 2.87. The standard InChI is InChI=1S/C10H15BrN4O3S2/c1-7(16)12-9-13-14-10(19-9)20(17,18)15-5-3-2-4-8(15)6-11/h8H,2-6H2,1H3,(H,12,13,16). The highest BCUT2D eigenvalue weighted by molar-refractivity contribution is 9.09. The summed E-state index contributed by atoms with van der Waals surface area (Å²) in [5, 5.41) is 10.6. The first kappa shape index (κ1) is 15.8. The number of alkyl halides is 1. The third-order valence-electron chi connectivity index (χ3n) is 2.97. The summed E-state index contributed by atoms with van der Waals surface area (Å²) in [5.74, 6) is -0.304. The molecule has 0 radical (unpaired) electrons. The Labute approximate surface area is 129 Å². The molecule has 0 spiro atoms. The van der Waals surface area contributed by atoms with Gasteiger partial charge in [-0.05, 0) is 12.8 Å². The van der Waals surface area contributed by atoms with Gasteiger partial charge in [0.25, 0.3) is 10.0 Å². The smallest absolute Gasteiger partial charge is 0.272 e. The summed E-state index contributed by atoms with van der Waals surface area (Å²) >= 11 is 4.23. The lowest BCUT2D eigenvalue weighted by Crippen LogP contribution is -2.44. The van der Waals surface area contributed by atoms with Crippen LogP contribution in [0.5, 0.6) is 0 Å². The number of sulfonamides is 1. The number of carbonyl (C=O) groups is 1. The quantitative estimate of drug-likeness (QED) is 0.627. The molecule has 0 aliphatic carbocycles. The van der Waals surface area contributed by atoms with Crippen LogP contribution < -0.4 is 5.32 Å². The second-order valence-electron chi connectivity index (χ2n) is 4.47. The highest BCUT2D eigenvalue weighted by Gasteiger charge is 2.35. The van der Waals surface area contributed by atoms with E-state index in [9.17, 15) is 13.2 Å². The van der Waals surface area contributed by atoms with Gasteiger partial charge in [0.15, 0.2) is 0 Å². The van der Waals surface area contributed by atoms with Crippen LogP contribution in [0.1, 0.15) is 26.2 Å². The van der Waals surface area contributed by atoms with E-state index < -0.39 is 10.0 Å². The molecule has 1 atom stereocenters. The molecule has 7 nitrogen and oxygen atoms in total. The molecule has 1 unspecified atom stereocenters. The number of aromatic nitrogens is 2. The molecular weight excluding hydrogens is 368 g/mol. The first-order valence-electron chi connectivity index (χ1n) is 6.14. The van der Waals surface area contributed by atoms with Crippen molar-refractivity contribution in [1.29, 1.82) is 0 Å². The zero-order valence-electron chi connectivity index (χ0n) is 10.9. The maximum absolute atomic E-state index is 12.6. The van der Waals surface area contributed by atoms with Gasteiger partial charge >= 0.3 is 0 Å². The zero-order valence-corrected chi connectivity index (χ0v) is 14.1. The van der Waals surface area contributed by atoms with Gasteiger partial charge < -0.3 is 5.32 Å². The van der Waals surface area contributed by atoms with E-state index >= 15 is 0 Å². The molecule has 112 valence electrons. The lowest BCUT2D eigenvalue weighted by Gasteiger charge is -2.32. The van der Waals surface area contributed by atoms with Gasteiger partial charge in [0, 0.05) is 24.8 Å². The zero-order chi connectivity index (χ0) is 14.8. The van der Waals surface area contributed by atoms with Crippen molar-refractivity contribution < 1.29 is 13.2 Å². The normalized spacial score (nSPS) is 20.8. The topological polar surface area (TPSA) is 92.3 Å². The SMILES string of the molecule is CC(=O)Nc1nnc(S(=O)(=O)N2CCCCC2CBr)s1. The fraction of sp³-hybridized carbons (Fsp3) is 0.700. The minimum atomic E-state index is -3.64. The minimum absolute atomic E-state index is 0.0538. The Kier molecular flexibility index (Phi) is 5.10. The van der Waals surface area contributed by atoms with Crippen LogP contribution in [0.25, 0.3) is 0 Å². The first-order valence-corrected chi connectivity index (χ1v) is 9.52. The summed E-state index contributed by atoms with van der Waals surface area (Å²) in [6.45, 7) is 1.83. The number of piperidine rings is 1. The van der Waals surface area contributed by atoms with Crippen molar-refractivity contribution in [2.75, 3.05) is 17.2 Å². The highest BCUT2D eigenvalue weighted by atomic mass is 79.9. The number of hydrogen-bond donors (Lipinski definition) is 1. The number of hydrogen-bond acceptors (Lipinski definition) is 6. The van der Waals surface area contributed by atoms with Crippen molar-refractivity contribution in [1.82, 2.24) is 14.5 Å². The summed E-state index contributed by atoms with van der Waals surface area (Å²) in [5.41, 5.74) is 0. The summed E-state index contributed by atoms with van der Waals surface area (Å²) in [4.78, 5) is 10.9. The Morgan fingerprint density at radius 3 is 2.90 bits per heavy atom. The molecule has 0 aromatic carbocycles. The molecule has 0 saturated carbocycles. The third-order valence-corrected chi connectivity index (χ3v) is 6.85. The Morgan fingerprint density at radius 2 is 2.25 bits per heavy atom. The van der Waals surface area contributed by atoms with Gasteiger partial charge in [-0.2, -0.15) is 4.31 Å². The molecule has 10 heteroatoms. The number of nitrogens with one attached hydrogen (secondary N) is 1. The number of rotatable bonds is 4. The Bertz CT molecular complexity index is 589. The first-order chi connectivity index (χ1) is 9.45. The predicted molar refractivity (Wildman–Crippen MR) is 79.5 cm³/mol. The lowest BCUT2D eigenvalue weighted by atomic mass is 10.1. The van der Waals surface area contributed by atoms with E-state index in [1.165, 1.54) is 11.2 Å².